The number of carbonyl (C=O) groups excluding carboxylic acids is 2. The van der Waals surface area contributed by atoms with E-state index in [1.807, 2.05) is 0 Å². The molecule has 0 spiro atoms. The molecule has 0 heterocycles. The van der Waals surface area contributed by atoms with Gasteiger partial charge in [-0.1, -0.05) is 152 Å². The summed E-state index contributed by atoms with van der Waals surface area (Å²) in [7, 11) is -16.6. The number of hydrogen-bond acceptors (Lipinski definition) is 14. The van der Waals surface area contributed by atoms with E-state index >= 15 is 0 Å². The number of esters is 2. The SMILES string of the molecule is CC/C=C\C/C=C\C/C=C\C/C=C\CCCCCCC(=O)O[C@H](COC(=O)CCCCCCCCCCCCCCC)COP(=O)(O)O[C@H]1C(O)C(O)C(OP(=O)(O)O)[C@@H](OP(=O)(O)O)C1O. The van der Waals surface area contributed by atoms with Crippen molar-refractivity contribution in [3.05, 3.63) is 48.6 Å². The van der Waals surface area contributed by atoms with Gasteiger partial charge in [0.25, 0.3) is 0 Å². The minimum Gasteiger partial charge on any atom is -0.462 e. The topological polar surface area (TPSA) is 303 Å². The third-order valence-electron chi connectivity index (χ3n) is 10.7. The lowest BCUT2D eigenvalue weighted by molar-refractivity contribution is -0.213. The fourth-order valence-electron chi connectivity index (χ4n) is 7.10. The highest BCUT2D eigenvalue weighted by molar-refractivity contribution is 7.47. The van der Waals surface area contributed by atoms with E-state index in [0.29, 0.717) is 19.3 Å². The van der Waals surface area contributed by atoms with Gasteiger partial charge in [0.05, 0.1) is 6.61 Å². The molecule has 0 bridgehead atoms. The maximum atomic E-state index is 13.1. The monoisotopic (exact) mass is 1020 g/mol. The van der Waals surface area contributed by atoms with Crippen LogP contribution in [0.3, 0.4) is 0 Å². The molecule has 0 aromatic heterocycles. The Morgan fingerprint density at radius 3 is 1.40 bits per heavy atom. The van der Waals surface area contributed by atoms with E-state index in [-0.39, 0.29) is 12.8 Å². The molecule has 19 nitrogen and oxygen atoms in total. The fraction of sp³-hybridized carbons (Fsp3) is 0.778. The number of rotatable bonds is 40. The number of phosphoric ester groups is 3. The lowest BCUT2D eigenvalue weighted by Gasteiger charge is -2.44. The molecule has 0 aromatic rings. The summed E-state index contributed by atoms with van der Waals surface area (Å²) >= 11 is 0. The minimum atomic E-state index is -5.60. The molecule has 67 heavy (non-hydrogen) atoms. The third-order valence-corrected chi connectivity index (χ3v) is 12.7. The molecule has 1 rings (SSSR count). The van der Waals surface area contributed by atoms with Gasteiger partial charge in [-0.15, -0.1) is 0 Å². The summed E-state index contributed by atoms with van der Waals surface area (Å²) in [6.45, 7) is 2.81. The van der Waals surface area contributed by atoms with Gasteiger partial charge in [-0.05, 0) is 51.4 Å². The molecule has 1 aliphatic carbocycles. The largest absolute Gasteiger partial charge is 0.472 e. The van der Waals surface area contributed by atoms with Gasteiger partial charge in [0.15, 0.2) is 6.10 Å². The van der Waals surface area contributed by atoms with Crippen molar-refractivity contribution in [3.63, 3.8) is 0 Å². The lowest BCUT2D eigenvalue weighted by Crippen LogP contribution is -2.65. The van der Waals surface area contributed by atoms with Gasteiger partial charge in [0.2, 0.25) is 0 Å². The molecular weight excluding hydrogens is 937 g/mol. The second kappa shape index (κ2) is 37.0. The van der Waals surface area contributed by atoms with E-state index in [2.05, 4.69) is 71.5 Å². The Hall–Kier alpha value is -1.89. The van der Waals surface area contributed by atoms with Crippen LogP contribution in [0.4, 0.5) is 0 Å². The highest BCUT2D eigenvalue weighted by Gasteiger charge is 2.56. The van der Waals surface area contributed by atoms with Gasteiger partial charge in [-0.3, -0.25) is 27.7 Å². The Balaban J connectivity index is 2.75. The van der Waals surface area contributed by atoms with Gasteiger partial charge < -0.3 is 49.3 Å². The van der Waals surface area contributed by atoms with Crippen LogP contribution in [0.15, 0.2) is 48.6 Å². The molecule has 8 N–H and O–H groups in total. The summed E-state index contributed by atoms with van der Waals surface area (Å²) in [6, 6.07) is 0. The van der Waals surface area contributed by atoms with Crippen molar-refractivity contribution in [1.82, 2.24) is 0 Å². The van der Waals surface area contributed by atoms with Gasteiger partial charge in [-0.2, -0.15) is 0 Å². The molecule has 0 aliphatic heterocycles. The molecule has 1 saturated carbocycles. The molecule has 1 aliphatic rings. The van der Waals surface area contributed by atoms with Crippen LogP contribution in [0.25, 0.3) is 0 Å². The predicted molar refractivity (Wildman–Crippen MR) is 252 cm³/mol. The number of ether oxygens (including phenoxy) is 2. The van der Waals surface area contributed by atoms with Gasteiger partial charge in [0.1, 0.15) is 43.2 Å². The average molecular weight is 1020 g/mol. The summed E-state index contributed by atoms with van der Waals surface area (Å²) in [4.78, 5) is 73.2. The Bertz CT molecular complexity index is 1590. The zero-order chi connectivity index (χ0) is 50.0. The molecule has 1 fully saturated rings. The van der Waals surface area contributed by atoms with E-state index < -0.39 is 91.3 Å². The predicted octanol–water partition coefficient (Wildman–Crippen LogP) is 8.62. The van der Waals surface area contributed by atoms with E-state index in [1.54, 1.807) is 0 Å². The second-order valence-corrected chi connectivity index (χ2v) is 20.5. The molecule has 390 valence electrons. The molecule has 22 heteroatoms. The highest BCUT2D eigenvalue weighted by Crippen LogP contribution is 2.51. The van der Waals surface area contributed by atoms with Crippen LogP contribution in [-0.2, 0) is 50.9 Å². The quantitative estimate of drug-likeness (QED) is 0.0123. The molecular formula is C45H81O19P3. The summed E-state index contributed by atoms with van der Waals surface area (Å²) < 4.78 is 65.4. The fourth-order valence-corrected chi connectivity index (χ4v) is 9.20. The number of unbranched alkanes of at least 4 members (excludes halogenated alkanes) is 16. The van der Waals surface area contributed by atoms with E-state index in [1.165, 1.54) is 51.4 Å². The first-order valence-electron chi connectivity index (χ1n) is 23.9. The molecule has 0 amide bonds. The molecule has 0 aromatic carbocycles. The van der Waals surface area contributed by atoms with E-state index in [9.17, 15) is 63.1 Å². The van der Waals surface area contributed by atoms with E-state index in [0.717, 1.165) is 70.6 Å². The molecule has 0 saturated heterocycles. The lowest BCUT2D eigenvalue weighted by atomic mass is 9.85. The Morgan fingerprint density at radius 1 is 0.493 bits per heavy atom. The zero-order valence-corrected chi connectivity index (χ0v) is 42.1. The standard InChI is InChI=1S/C45H81O19P3/c1-3-5-7-9-11-13-15-17-18-19-20-22-24-26-28-30-32-34-39(47)61-37(35-59-38(46)33-31-29-27-25-23-21-16-14-12-10-8-6-4-2)36-60-67(57,58)64-43-40(48)41(49)44(62-65(51,52)53)45(42(43)50)63-66(54,55)56/h5,7,11,13,17-18,20,22,37,40-45,48-50H,3-4,6,8-10,12,14-16,19,21,23-36H2,1-2H3,(H,57,58)(H2,51,52,53)(H2,54,55,56)/b7-5-,13-11-,18-17-,22-20-/t37-,40?,41?,42?,43+,44?,45+/m1/s1. The van der Waals surface area contributed by atoms with Crippen molar-refractivity contribution in [2.45, 2.75) is 211 Å². The van der Waals surface area contributed by atoms with Gasteiger partial charge in [-0.25, -0.2) is 13.7 Å². The number of hydrogen-bond donors (Lipinski definition) is 8. The van der Waals surface area contributed by atoms with Crippen LogP contribution >= 0.6 is 23.5 Å². The average Bonchev–Trinajstić information content (AvgIpc) is 3.25. The summed E-state index contributed by atoms with van der Waals surface area (Å²) in [5.74, 6) is -1.32. The van der Waals surface area contributed by atoms with Crippen molar-refractivity contribution >= 4 is 35.4 Å². The maximum Gasteiger partial charge on any atom is 0.472 e. The van der Waals surface area contributed by atoms with Crippen LogP contribution in [0.1, 0.15) is 168 Å². The maximum absolute atomic E-state index is 13.1. The molecule has 0 radical (unpaired) electrons. The van der Waals surface area contributed by atoms with Crippen molar-refractivity contribution < 1.29 is 90.6 Å². The number of aliphatic hydroxyl groups is 3. The Kier molecular flexibility index (Phi) is 34.8. The number of carbonyl (C=O) groups is 2. The van der Waals surface area contributed by atoms with Crippen LogP contribution < -0.4 is 0 Å². The molecule has 8 atom stereocenters. The van der Waals surface area contributed by atoms with Crippen LogP contribution in [0.2, 0.25) is 0 Å². The number of allylic oxidation sites excluding steroid dienone is 8. The van der Waals surface area contributed by atoms with Gasteiger partial charge in [0, 0.05) is 12.8 Å². The van der Waals surface area contributed by atoms with Crippen LogP contribution in [-0.4, -0.2) is 108 Å². The zero-order valence-electron chi connectivity index (χ0n) is 39.5. The first-order valence-corrected chi connectivity index (χ1v) is 28.5. The highest BCUT2D eigenvalue weighted by atomic mass is 31.2. The second-order valence-electron chi connectivity index (χ2n) is 16.7. The third kappa shape index (κ3) is 33.4. The number of aliphatic hydroxyl groups excluding tert-OH is 3. The normalized spacial score (nSPS) is 22.0. The Morgan fingerprint density at radius 2 is 0.910 bits per heavy atom. The first-order chi connectivity index (χ1) is 31.8. The van der Waals surface area contributed by atoms with Crippen molar-refractivity contribution in [2.24, 2.45) is 0 Å². The first kappa shape index (κ1) is 63.1. The minimum absolute atomic E-state index is 0.0299. The summed E-state index contributed by atoms with van der Waals surface area (Å²) in [6.07, 6.45) is 22.7. The van der Waals surface area contributed by atoms with Crippen molar-refractivity contribution in [1.29, 1.82) is 0 Å². The van der Waals surface area contributed by atoms with Crippen molar-refractivity contribution in [2.75, 3.05) is 13.2 Å². The Labute approximate surface area is 397 Å². The molecule has 5 unspecified atom stereocenters. The van der Waals surface area contributed by atoms with Gasteiger partial charge >= 0.3 is 35.4 Å². The summed E-state index contributed by atoms with van der Waals surface area (Å²) in [5.41, 5.74) is 0. The van der Waals surface area contributed by atoms with Crippen molar-refractivity contribution in [3.8, 4) is 0 Å². The van der Waals surface area contributed by atoms with E-state index in [4.69, 9.17) is 18.5 Å². The number of phosphoric acid groups is 3. The smallest absolute Gasteiger partial charge is 0.462 e. The summed E-state index contributed by atoms with van der Waals surface area (Å²) in [5, 5.41) is 31.9. The van der Waals surface area contributed by atoms with Crippen LogP contribution in [0, 0.1) is 0 Å². The van der Waals surface area contributed by atoms with Crippen LogP contribution in [0.5, 0.6) is 0 Å².